The van der Waals surface area contributed by atoms with Gasteiger partial charge in [0.2, 0.25) is 10.0 Å². The van der Waals surface area contributed by atoms with Crippen molar-refractivity contribution in [2.75, 3.05) is 39.5 Å². The number of urea groups is 1. The average molecular weight is 448 g/mol. The van der Waals surface area contributed by atoms with E-state index in [1.54, 1.807) is 20.3 Å². The zero-order chi connectivity index (χ0) is 21.8. The SMILES string of the molecule is CC1(C)COCN1C(=O)N1CC(S(=O)(=O)N2CCC(c3c[nH]c4ncccc34)CC2)C1. The number of H-pyrrole nitrogens is 1. The fourth-order valence-corrected chi connectivity index (χ4v) is 6.73. The number of carbonyl (C=O) groups excluding carboxylic acids is 1. The Kier molecular flexibility index (Phi) is 4.98. The van der Waals surface area contributed by atoms with E-state index >= 15 is 0 Å². The van der Waals surface area contributed by atoms with Gasteiger partial charge in [-0.15, -0.1) is 0 Å². The maximum atomic E-state index is 13.1. The summed E-state index contributed by atoms with van der Waals surface area (Å²) in [5.41, 5.74) is 1.73. The molecule has 31 heavy (non-hydrogen) atoms. The summed E-state index contributed by atoms with van der Waals surface area (Å²) in [6, 6.07) is 3.85. The summed E-state index contributed by atoms with van der Waals surface area (Å²) in [6.45, 7) is 6.20. The first-order valence-corrected chi connectivity index (χ1v) is 12.3. The number of pyridine rings is 1. The molecular formula is C21H29N5O4S. The normalized spacial score (nSPS) is 23.4. The Morgan fingerprint density at radius 2 is 2.00 bits per heavy atom. The summed E-state index contributed by atoms with van der Waals surface area (Å²) in [4.78, 5) is 23.6. The van der Waals surface area contributed by atoms with Gasteiger partial charge in [-0.2, -0.15) is 0 Å². The maximum Gasteiger partial charge on any atom is 0.322 e. The second kappa shape index (κ2) is 7.46. The highest BCUT2D eigenvalue weighted by Gasteiger charge is 2.47. The average Bonchev–Trinajstić information content (AvgIpc) is 3.29. The number of aromatic nitrogens is 2. The van der Waals surface area contributed by atoms with Gasteiger partial charge in [0.1, 0.15) is 17.6 Å². The van der Waals surface area contributed by atoms with Gasteiger partial charge in [0.15, 0.2) is 0 Å². The molecule has 0 atom stereocenters. The summed E-state index contributed by atoms with van der Waals surface area (Å²) >= 11 is 0. The number of nitrogens with one attached hydrogen (secondary N) is 1. The van der Waals surface area contributed by atoms with Crippen molar-refractivity contribution < 1.29 is 17.9 Å². The number of ether oxygens (including phenoxy) is 1. The lowest BCUT2D eigenvalue weighted by Crippen LogP contribution is -2.64. The molecule has 9 nitrogen and oxygen atoms in total. The van der Waals surface area contributed by atoms with E-state index in [9.17, 15) is 13.2 Å². The minimum atomic E-state index is -3.41. The van der Waals surface area contributed by atoms with Crippen LogP contribution in [0.15, 0.2) is 24.5 Å². The van der Waals surface area contributed by atoms with Gasteiger partial charge in [-0.3, -0.25) is 4.90 Å². The van der Waals surface area contributed by atoms with Gasteiger partial charge in [0.05, 0.1) is 12.1 Å². The van der Waals surface area contributed by atoms with Crippen molar-refractivity contribution in [2.24, 2.45) is 0 Å². The van der Waals surface area contributed by atoms with E-state index in [2.05, 4.69) is 16.0 Å². The van der Waals surface area contributed by atoms with Crippen LogP contribution in [0.5, 0.6) is 0 Å². The van der Waals surface area contributed by atoms with Gasteiger partial charge in [0, 0.05) is 44.0 Å². The quantitative estimate of drug-likeness (QED) is 0.775. The molecule has 2 aromatic rings. The summed E-state index contributed by atoms with van der Waals surface area (Å²) in [6.07, 6.45) is 5.35. The van der Waals surface area contributed by atoms with Crippen molar-refractivity contribution in [3.8, 4) is 0 Å². The smallest absolute Gasteiger partial charge is 0.322 e. The highest BCUT2D eigenvalue weighted by molar-refractivity contribution is 7.89. The molecular weight excluding hydrogens is 418 g/mol. The largest absolute Gasteiger partial charge is 0.359 e. The summed E-state index contributed by atoms with van der Waals surface area (Å²) in [7, 11) is -3.41. The molecule has 0 saturated carbocycles. The van der Waals surface area contributed by atoms with E-state index in [0.717, 1.165) is 23.9 Å². The molecule has 3 saturated heterocycles. The van der Waals surface area contributed by atoms with Crippen molar-refractivity contribution in [1.82, 2.24) is 24.1 Å². The van der Waals surface area contributed by atoms with Crippen LogP contribution in [0.3, 0.4) is 0 Å². The third kappa shape index (κ3) is 3.50. The van der Waals surface area contributed by atoms with E-state index in [-0.39, 0.29) is 31.4 Å². The predicted octanol–water partition coefficient (Wildman–Crippen LogP) is 1.94. The number of carbonyl (C=O) groups is 1. The fourth-order valence-electron chi connectivity index (χ4n) is 4.85. The zero-order valence-electron chi connectivity index (χ0n) is 18.0. The number of fused-ring (bicyclic) bond motifs is 1. The minimum Gasteiger partial charge on any atom is -0.359 e. The Morgan fingerprint density at radius 3 is 2.68 bits per heavy atom. The molecule has 10 heteroatoms. The Morgan fingerprint density at radius 1 is 1.26 bits per heavy atom. The van der Waals surface area contributed by atoms with Gasteiger partial charge in [-0.1, -0.05) is 0 Å². The second-order valence-corrected chi connectivity index (χ2v) is 11.6. The third-order valence-corrected chi connectivity index (χ3v) is 9.14. The molecule has 168 valence electrons. The van der Waals surface area contributed by atoms with Crippen LogP contribution in [0.1, 0.15) is 38.2 Å². The number of hydrogen-bond donors (Lipinski definition) is 1. The Bertz CT molecular complexity index is 1080. The molecule has 3 fully saturated rings. The summed E-state index contributed by atoms with van der Waals surface area (Å²) in [5.74, 6) is 0.321. The molecule has 2 amide bonds. The number of aromatic amines is 1. The monoisotopic (exact) mass is 447 g/mol. The molecule has 3 aliphatic heterocycles. The van der Waals surface area contributed by atoms with Crippen molar-refractivity contribution in [2.45, 2.75) is 43.4 Å². The fraction of sp³-hybridized carbons (Fsp3) is 0.619. The number of piperidine rings is 1. The first-order chi connectivity index (χ1) is 14.8. The molecule has 3 aliphatic rings. The molecule has 0 spiro atoms. The number of nitrogens with zero attached hydrogens (tertiary/aromatic N) is 4. The van der Waals surface area contributed by atoms with Crippen LogP contribution in [0.2, 0.25) is 0 Å². The van der Waals surface area contributed by atoms with Crippen LogP contribution in [0.4, 0.5) is 4.79 Å². The first kappa shape index (κ1) is 20.7. The Hall–Kier alpha value is -2.17. The lowest BCUT2D eigenvalue weighted by Gasteiger charge is -2.44. The van der Waals surface area contributed by atoms with Gasteiger partial charge in [-0.25, -0.2) is 22.5 Å². The molecule has 5 heterocycles. The van der Waals surface area contributed by atoms with Crippen LogP contribution in [0.25, 0.3) is 11.0 Å². The Labute approximate surface area is 182 Å². The lowest BCUT2D eigenvalue weighted by atomic mass is 9.90. The number of hydrogen-bond acceptors (Lipinski definition) is 5. The number of rotatable bonds is 3. The highest BCUT2D eigenvalue weighted by atomic mass is 32.2. The topological polar surface area (TPSA) is 98.8 Å². The Balaban J connectivity index is 1.19. The van der Waals surface area contributed by atoms with Crippen LogP contribution >= 0.6 is 0 Å². The van der Waals surface area contributed by atoms with E-state index < -0.39 is 15.3 Å². The highest BCUT2D eigenvalue weighted by Crippen LogP contribution is 2.35. The van der Waals surface area contributed by atoms with Crippen LogP contribution in [-0.4, -0.2) is 88.8 Å². The minimum absolute atomic E-state index is 0.138. The number of sulfonamides is 1. The molecule has 0 aromatic carbocycles. The van der Waals surface area contributed by atoms with Crippen molar-refractivity contribution in [1.29, 1.82) is 0 Å². The maximum absolute atomic E-state index is 13.1. The standard InChI is InChI=1S/C21H29N5O4S/c1-21(2)13-30-14-26(21)20(27)24-11-16(12-24)31(28,29)25-8-5-15(6-9-25)18-10-23-19-17(18)4-3-7-22-19/h3-4,7,10,15-16H,5-6,8-9,11-14H2,1-2H3,(H,22,23). The third-order valence-electron chi connectivity index (χ3n) is 6.91. The van der Waals surface area contributed by atoms with Crippen LogP contribution in [-0.2, 0) is 14.8 Å². The molecule has 0 unspecified atom stereocenters. The molecule has 0 aliphatic carbocycles. The number of amides is 2. The van der Waals surface area contributed by atoms with Gasteiger partial charge in [0.25, 0.3) is 0 Å². The molecule has 2 aromatic heterocycles. The van der Waals surface area contributed by atoms with E-state index in [4.69, 9.17) is 4.74 Å². The van der Waals surface area contributed by atoms with E-state index in [1.165, 1.54) is 5.56 Å². The molecule has 0 radical (unpaired) electrons. The van der Waals surface area contributed by atoms with Crippen molar-refractivity contribution in [3.05, 3.63) is 30.1 Å². The van der Waals surface area contributed by atoms with Crippen molar-refractivity contribution in [3.63, 3.8) is 0 Å². The van der Waals surface area contributed by atoms with Crippen LogP contribution in [0, 0.1) is 0 Å². The molecule has 5 rings (SSSR count). The summed E-state index contributed by atoms with van der Waals surface area (Å²) in [5, 5.41) is 0.600. The van der Waals surface area contributed by atoms with Gasteiger partial charge in [-0.05, 0) is 50.3 Å². The van der Waals surface area contributed by atoms with Gasteiger partial charge < -0.3 is 14.6 Å². The first-order valence-electron chi connectivity index (χ1n) is 10.8. The van der Waals surface area contributed by atoms with Crippen molar-refractivity contribution >= 4 is 27.1 Å². The second-order valence-electron chi connectivity index (χ2n) is 9.39. The van der Waals surface area contributed by atoms with Crippen LogP contribution < -0.4 is 0 Å². The van der Waals surface area contributed by atoms with E-state index in [0.29, 0.717) is 25.6 Å². The zero-order valence-corrected chi connectivity index (χ0v) is 18.8. The van der Waals surface area contributed by atoms with E-state index in [1.807, 2.05) is 26.1 Å². The molecule has 0 bridgehead atoms. The molecule has 1 N–H and O–H groups in total. The number of likely N-dealkylation sites (tertiary alicyclic amines) is 1. The summed E-state index contributed by atoms with van der Waals surface area (Å²) < 4.78 is 33.3. The lowest BCUT2D eigenvalue weighted by molar-refractivity contribution is 0.0930. The predicted molar refractivity (Wildman–Crippen MR) is 116 cm³/mol. The van der Waals surface area contributed by atoms with Gasteiger partial charge >= 0.3 is 6.03 Å².